The number of hydrogen-bond acceptors (Lipinski definition) is 7. The summed E-state index contributed by atoms with van der Waals surface area (Å²) in [7, 11) is -1.10. The fourth-order valence-electron chi connectivity index (χ4n) is 3.18. The standard InChI is InChI=1S/C21H24ClN3O7S/c1-30-17-8-7-16(11-18(17)31-2)33(28,29)25-9-10-32-19(25)13-24-21(27)20(26)23-12-14-3-5-15(22)6-4-14/h3-8,11,19H,9-10,12-13H2,1-2H3,(H,23,26)(H,24,27)/t19-/m0/s1. The van der Waals surface area contributed by atoms with Gasteiger partial charge in [0.15, 0.2) is 11.5 Å². The zero-order valence-corrected chi connectivity index (χ0v) is 19.6. The predicted octanol–water partition coefficient (Wildman–Crippen LogP) is 1.14. The lowest BCUT2D eigenvalue weighted by Gasteiger charge is -2.23. The molecule has 2 aromatic carbocycles. The Bertz CT molecular complexity index is 1110. The fourth-order valence-corrected chi connectivity index (χ4v) is 4.83. The summed E-state index contributed by atoms with van der Waals surface area (Å²) in [4.78, 5) is 24.2. The Morgan fingerprint density at radius 3 is 2.39 bits per heavy atom. The Morgan fingerprint density at radius 2 is 1.73 bits per heavy atom. The second-order valence-electron chi connectivity index (χ2n) is 6.98. The minimum Gasteiger partial charge on any atom is -0.493 e. The summed E-state index contributed by atoms with van der Waals surface area (Å²) < 4.78 is 43.2. The molecule has 33 heavy (non-hydrogen) atoms. The van der Waals surface area contributed by atoms with Crippen molar-refractivity contribution in [3.63, 3.8) is 0 Å². The Labute approximate surface area is 196 Å². The number of nitrogens with zero attached hydrogens (tertiary/aromatic N) is 1. The lowest BCUT2D eigenvalue weighted by atomic mass is 10.2. The first kappa shape index (κ1) is 24.8. The number of ether oxygens (including phenoxy) is 3. The van der Waals surface area contributed by atoms with Crippen molar-refractivity contribution in [1.82, 2.24) is 14.9 Å². The fraction of sp³-hybridized carbons (Fsp3) is 0.333. The topological polar surface area (TPSA) is 123 Å². The number of carbonyl (C=O) groups is 2. The summed E-state index contributed by atoms with van der Waals surface area (Å²) in [5, 5.41) is 5.47. The van der Waals surface area contributed by atoms with Crippen LogP contribution in [0.5, 0.6) is 11.5 Å². The van der Waals surface area contributed by atoms with E-state index in [9.17, 15) is 18.0 Å². The normalized spacial score (nSPS) is 16.3. The molecule has 1 aliphatic rings. The molecule has 178 valence electrons. The molecule has 1 aliphatic heterocycles. The lowest BCUT2D eigenvalue weighted by molar-refractivity contribution is -0.139. The first-order chi connectivity index (χ1) is 15.8. The molecule has 0 bridgehead atoms. The van der Waals surface area contributed by atoms with Crippen LogP contribution < -0.4 is 20.1 Å². The number of nitrogens with one attached hydrogen (secondary N) is 2. The van der Waals surface area contributed by atoms with Crippen LogP contribution in [-0.2, 0) is 30.9 Å². The summed E-state index contributed by atoms with van der Waals surface area (Å²) in [6.07, 6.45) is -0.962. The number of rotatable bonds is 8. The summed E-state index contributed by atoms with van der Waals surface area (Å²) in [6, 6.07) is 11.0. The van der Waals surface area contributed by atoms with E-state index in [4.69, 9.17) is 25.8 Å². The molecule has 0 spiro atoms. The van der Waals surface area contributed by atoms with E-state index in [1.165, 1.54) is 32.4 Å². The molecule has 0 radical (unpaired) electrons. The number of hydrogen-bond donors (Lipinski definition) is 2. The first-order valence-electron chi connectivity index (χ1n) is 9.92. The third-order valence-electron chi connectivity index (χ3n) is 4.91. The van der Waals surface area contributed by atoms with E-state index < -0.39 is 28.1 Å². The summed E-state index contributed by atoms with van der Waals surface area (Å²) in [6.45, 7) is 0.193. The maximum atomic E-state index is 13.1. The van der Waals surface area contributed by atoms with Crippen molar-refractivity contribution in [3.8, 4) is 11.5 Å². The van der Waals surface area contributed by atoms with Crippen molar-refractivity contribution in [2.75, 3.05) is 33.9 Å². The van der Waals surface area contributed by atoms with E-state index in [1.54, 1.807) is 24.3 Å². The Kier molecular flexibility index (Phi) is 8.14. The minimum atomic E-state index is -3.95. The molecular formula is C21H24ClN3O7S. The van der Waals surface area contributed by atoms with Crippen molar-refractivity contribution in [2.24, 2.45) is 0 Å². The number of amides is 2. The van der Waals surface area contributed by atoms with Gasteiger partial charge in [-0.2, -0.15) is 4.31 Å². The lowest BCUT2D eigenvalue weighted by Crippen LogP contribution is -2.47. The quantitative estimate of drug-likeness (QED) is 0.524. The summed E-state index contributed by atoms with van der Waals surface area (Å²) in [5.41, 5.74) is 0.770. The number of carbonyl (C=O) groups excluding carboxylic acids is 2. The third kappa shape index (κ3) is 5.93. The van der Waals surface area contributed by atoms with Gasteiger partial charge in [-0.1, -0.05) is 23.7 Å². The molecule has 12 heteroatoms. The number of halogens is 1. The number of methoxy groups -OCH3 is 2. The largest absolute Gasteiger partial charge is 0.493 e. The van der Waals surface area contributed by atoms with Crippen LogP contribution in [0.4, 0.5) is 0 Å². The maximum Gasteiger partial charge on any atom is 0.309 e. The molecule has 1 heterocycles. The second kappa shape index (κ2) is 10.8. The molecule has 2 amide bonds. The zero-order valence-electron chi connectivity index (χ0n) is 18.0. The molecule has 1 atom stereocenters. The first-order valence-corrected chi connectivity index (χ1v) is 11.7. The average molecular weight is 498 g/mol. The van der Waals surface area contributed by atoms with Gasteiger partial charge in [-0.15, -0.1) is 0 Å². The van der Waals surface area contributed by atoms with Crippen LogP contribution in [0, 0.1) is 0 Å². The third-order valence-corrected chi connectivity index (χ3v) is 7.05. The predicted molar refractivity (Wildman–Crippen MR) is 119 cm³/mol. The number of sulfonamides is 1. The van der Waals surface area contributed by atoms with E-state index in [2.05, 4.69) is 10.6 Å². The van der Waals surface area contributed by atoms with Gasteiger partial charge in [-0.05, 0) is 29.8 Å². The monoisotopic (exact) mass is 497 g/mol. The molecule has 3 rings (SSSR count). The molecule has 2 N–H and O–H groups in total. The van der Waals surface area contributed by atoms with Crippen molar-refractivity contribution in [1.29, 1.82) is 0 Å². The Morgan fingerprint density at radius 1 is 1.06 bits per heavy atom. The molecule has 0 unspecified atom stereocenters. The van der Waals surface area contributed by atoms with Crippen LogP contribution in [0.3, 0.4) is 0 Å². The van der Waals surface area contributed by atoms with Crippen molar-refractivity contribution < 1.29 is 32.2 Å². The van der Waals surface area contributed by atoms with E-state index >= 15 is 0 Å². The van der Waals surface area contributed by atoms with E-state index in [0.717, 1.165) is 9.87 Å². The van der Waals surface area contributed by atoms with Crippen LogP contribution in [-0.4, -0.2) is 64.7 Å². The molecule has 10 nitrogen and oxygen atoms in total. The highest BCUT2D eigenvalue weighted by Crippen LogP contribution is 2.31. The SMILES string of the molecule is COc1ccc(S(=O)(=O)N2CCO[C@H]2CNC(=O)C(=O)NCc2ccc(Cl)cc2)cc1OC. The van der Waals surface area contributed by atoms with Crippen LogP contribution in [0.2, 0.25) is 5.02 Å². The molecule has 1 fully saturated rings. The minimum absolute atomic E-state index is 0.0114. The highest BCUT2D eigenvalue weighted by molar-refractivity contribution is 7.89. The van der Waals surface area contributed by atoms with Crippen molar-refractivity contribution in [3.05, 3.63) is 53.1 Å². The smallest absolute Gasteiger partial charge is 0.309 e. The Balaban J connectivity index is 1.60. The van der Waals surface area contributed by atoms with Gasteiger partial charge < -0.3 is 24.8 Å². The van der Waals surface area contributed by atoms with Gasteiger partial charge in [0.1, 0.15) is 6.23 Å². The van der Waals surface area contributed by atoms with Gasteiger partial charge in [0, 0.05) is 24.2 Å². The van der Waals surface area contributed by atoms with Crippen LogP contribution in [0.15, 0.2) is 47.4 Å². The van der Waals surface area contributed by atoms with Crippen LogP contribution in [0.1, 0.15) is 5.56 Å². The molecule has 0 aromatic heterocycles. The summed E-state index contributed by atoms with van der Waals surface area (Å²) in [5.74, 6) is -1.09. The van der Waals surface area contributed by atoms with Gasteiger partial charge in [0.25, 0.3) is 0 Å². The van der Waals surface area contributed by atoms with Gasteiger partial charge in [-0.3, -0.25) is 9.59 Å². The van der Waals surface area contributed by atoms with Gasteiger partial charge in [0.2, 0.25) is 10.0 Å². The highest BCUT2D eigenvalue weighted by Gasteiger charge is 2.37. The van der Waals surface area contributed by atoms with E-state index in [1.807, 2.05) is 0 Å². The van der Waals surface area contributed by atoms with Crippen LogP contribution >= 0.6 is 11.6 Å². The van der Waals surface area contributed by atoms with Crippen LogP contribution in [0.25, 0.3) is 0 Å². The summed E-state index contributed by atoms with van der Waals surface area (Å²) >= 11 is 5.82. The molecular weight excluding hydrogens is 474 g/mol. The van der Waals surface area contributed by atoms with Crippen molar-refractivity contribution >= 4 is 33.4 Å². The number of benzene rings is 2. The van der Waals surface area contributed by atoms with Gasteiger partial charge in [0.05, 0.1) is 32.3 Å². The molecule has 2 aromatic rings. The molecule has 0 aliphatic carbocycles. The van der Waals surface area contributed by atoms with E-state index in [-0.39, 0.29) is 36.9 Å². The maximum absolute atomic E-state index is 13.1. The van der Waals surface area contributed by atoms with Gasteiger partial charge >= 0.3 is 11.8 Å². The highest BCUT2D eigenvalue weighted by atomic mass is 35.5. The average Bonchev–Trinajstić information content (AvgIpc) is 3.31. The second-order valence-corrected chi connectivity index (χ2v) is 9.30. The van der Waals surface area contributed by atoms with Crippen molar-refractivity contribution in [2.45, 2.75) is 17.7 Å². The zero-order chi connectivity index (χ0) is 24.0. The van der Waals surface area contributed by atoms with Gasteiger partial charge in [-0.25, -0.2) is 8.42 Å². The molecule has 0 saturated carbocycles. The van der Waals surface area contributed by atoms with E-state index in [0.29, 0.717) is 10.8 Å². The Hall–Kier alpha value is -2.86. The molecule has 1 saturated heterocycles.